The van der Waals surface area contributed by atoms with Gasteiger partial charge in [-0.15, -0.1) is 0 Å². The SMILES string of the molecule is CCC[CH2][Sn]([CH2]CCC)([CH2]CCC)[c]1ncc2c(N3CCC[C@@](C)(O)C3)nc(OC[C@@]34CCCN3C[C@H](F)C4)nc2c1F. The van der Waals surface area contributed by atoms with E-state index in [0.29, 0.717) is 50.3 Å². The van der Waals surface area contributed by atoms with Crippen LogP contribution in [0, 0.1) is 5.82 Å². The summed E-state index contributed by atoms with van der Waals surface area (Å²) in [5.41, 5.74) is -0.922. The quantitative estimate of drug-likeness (QED) is 0.224. The van der Waals surface area contributed by atoms with E-state index < -0.39 is 30.1 Å². The fourth-order valence-electron chi connectivity index (χ4n) is 8.02. The van der Waals surface area contributed by atoms with Crippen molar-refractivity contribution >= 4 is 38.8 Å². The molecule has 2 aromatic heterocycles. The maximum absolute atomic E-state index is 17.0. The van der Waals surface area contributed by atoms with Crippen molar-refractivity contribution in [3.05, 3.63) is 12.0 Å². The third kappa shape index (κ3) is 7.08. The van der Waals surface area contributed by atoms with Crippen molar-refractivity contribution in [1.82, 2.24) is 19.9 Å². The van der Waals surface area contributed by atoms with Gasteiger partial charge in [0.2, 0.25) is 0 Å². The first-order chi connectivity index (χ1) is 20.7. The molecule has 3 aliphatic heterocycles. The Balaban J connectivity index is 1.59. The third-order valence-electron chi connectivity index (χ3n) is 10.4. The first kappa shape index (κ1) is 33.0. The van der Waals surface area contributed by atoms with Crippen LogP contribution >= 0.6 is 0 Å². The summed E-state index contributed by atoms with van der Waals surface area (Å²) in [5, 5.41) is 11.5. The number of ether oxygens (including phenoxy) is 1. The predicted molar refractivity (Wildman–Crippen MR) is 172 cm³/mol. The summed E-state index contributed by atoms with van der Waals surface area (Å²) >= 11 is -3.22. The van der Waals surface area contributed by atoms with Crippen LogP contribution in [0.5, 0.6) is 6.01 Å². The zero-order chi connectivity index (χ0) is 30.7. The number of rotatable bonds is 14. The van der Waals surface area contributed by atoms with Crippen molar-refractivity contribution in [2.75, 3.05) is 37.7 Å². The second-order valence-electron chi connectivity index (χ2n) is 14.0. The molecule has 1 N–H and O–H groups in total. The van der Waals surface area contributed by atoms with Crippen molar-refractivity contribution in [2.24, 2.45) is 0 Å². The van der Waals surface area contributed by atoms with E-state index in [1.807, 2.05) is 18.0 Å². The molecule has 0 bridgehead atoms. The van der Waals surface area contributed by atoms with Gasteiger partial charge < -0.3 is 0 Å². The van der Waals surface area contributed by atoms with Gasteiger partial charge in [0, 0.05) is 0 Å². The first-order valence-corrected chi connectivity index (χ1v) is 24.5. The topological polar surface area (TPSA) is 74.6 Å². The Hall–Kier alpha value is -1.33. The Kier molecular flexibility index (Phi) is 10.7. The van der Waals surface area contributed by atoms with Crippen molar-refractivity contribution in [1.29, 1.82) is 0 Å². The predicted octanol–water partition coefficient (Wildman–Crippen LogP) is 6.53. The van der Waals surface area contributed by atoms with E-state index in [4.69, 9.17) is 19.7 Å². The molecular formula is C33H53F2N5O2Sn. The van der Waals surface area contributed by atoms with Crippen LogP contribution in [0.25, 0.3) is 10.9 Å². The summed E-state index contributed by atoms with van der Waals surface area (Å²) in [6.07, 6.45) is 11.5. The second kappa shape index (κ2) is 14.0. The van der Waals surface area contributed by atoms with Gasteiger partial charge in [0.25, 0.3) is 0 Å². The van der Waals surface area contributed by atoms with E-state index in [0.717, 1.165) is 81.4 Å². The maximum atomic E-state index is 17.0. The van der Waals surface area contributed by atoms with Crippen LogP contribution in [-0.2, 0) is 0 Å². The standard InChI is InChI=1S/C21H26F2N5O2.3C4H9.Sn/c1-20(29)4-2-6-27(12-20)18-15-9-24-10-16(23)17(15)25-19(26-18)30-13-21-5-3-7-28(21)11-14(22)8-21;3*1-3-4-2;/h9,14,29H,2-8,11-13H2,1H3;3*1,3-4H2,2H3;/t14-,20-,21+;;;;/m1..../s1. The van der Waals surface area contributed by atoms with E-state index in [1.165, 1.54) is 0 Å². The van der Waals surface area contributed by atoms with E-state index in [9.17, 15) is 9.50 Å². The number of aromatic nitrogens is 3. The Morgan fingerprint density at radius 3 is 2.35 bits per heavy atom. The minimum atomic E-state index is -3.22. The van der Waals surface area contributed by atoms with Gasteiger partial charge in [0.05, 0.1) is 0 Å². The molecule has 0 unspecified atom stereocenters. The van der Waals surface area contributed by atoms with Gasteiger partial charge in [-0.3, -0.25) is 0 Å². The monoisotopic (exact) mass is 709 g/mol. The first-order valence-electron chi connectivity index (χ1n) is 17.0. The average Bonchev–Trinajstić information content (AvgIpc) is 3.51. The van der Waals surface area contributed by atoms with E-state index in [2.05, 4.69) is 25.7 Å². The van der Waals surface area contributed by atoms with Crippen molar-refractivity contribution < 1.29 is 18.6 Å². The van der Waals surface area contributed by atoms with Gasteiger partial charge in [-0.05, 0) is 0 Å². The number of hydrogen-bond donors (Lipinski definition) is 1. The molecule has 3 aliphatic rings. The number of piperidine rings is 1. The number of hydrogen-bond acceptors (Lipinski definition) is 7. The molecule has 5 rings (SSSR count). The van der Waals surface area contributed by atoms with Crippen LogP contribution in [-0.4, -0.2) is 93.4 Å². The second-order valence-corrected chi connectivity index (χ2v) is 26.9. The fraction of sp³-hybridized carbons (Fsp3) is 0.788. The zero-order valence-electron chi connectivity index (χ0n) is 26.9. The molecule has 0 saturated carbocycles. The summed E-state index contributed by atoms with van der Waals surface area (Å²) in [4.78, 5) is 18.8. The number of anilines is 1. The van der Waals surface area contributed by atoms with Gasteiger partial charge >= 0.3 is 262 Å². The van der Waals surface area contributed by atoms with Crippen LogP contribution in [0.4, 0.5) is 14.6 Å². The van der Waals surface area contributed by atoms with Crippen LogP contribution in [0.15, 0.2) is 6.20 Å². The van der Waals surface area contributed by atoms with E-state index in [-0.39, 0.29) is 22.9 Å². The molecule has 0 aliphatic carbocycles. The summed E-state index contributed by atoms with van der Waals surface area (Å²) in [6.45, 7) is 11.2. The molecule has 7 nitrogen and oxygen atoms in total. The molecule has 2 aromatic rings. The van der Waals surface area contributed by atoms with Crippen molar-refractivity contribution in [3.8, 4) is 6.01 Å². The molecule has 3 fully saturated rings. The molecule has 0 radical (unpaired) electrons. The number of unbranched alkanes of at least 4 members (excludes halogenated alkanes) is 3. The molecule has 3 saturated heterocycles. The fourth-order valence-corrected chi connectivity index (χ4v) is 23.6. The number of halogens is 2. The Labute approximate surface area is 261 Å². The molecule has 43 heavy (non-hydrogen) atoms. The molecule has 240 valence electrons. The number of pyridine rings is 1. The molecule has 0 spiro atoms. The molecule has 10 heteroatoms. The van der Waals surface area contributed by atoms with Crippen LogP contribution in [0.1, 0.15) is 98.3 Å². The Morgan fingerprint density at radius 2 is 1.70 bits per heavy atom. The van der Waals surface area contributed by atoms with Gasteiger partial charge in [0.1, 0.15) is 0 Å². The molecule has 5 heterocycles. The zero-order valence-corrected chi connectivity index (χ0v) is 29.8. The Bertz CT molecular complexity index is 1230. The van der Waals surface area contributed by atoms with Crippen molar-refractivity contribution in [2.45, 2.75) is 129 Å². The number of aliphatic hydroxyl groups is 1. The summed E-state index contributed by atoms with van der Waals surface area (Å²) in [5.74, 6) is 0.296. The normalized spacial score (nSPS) is 26.4. The van der Waals surface area contributed by atoms with Gasteiger partial charge in [-0.25, -0.2) is 0 Å². The van der Waals surface area contributed by atoms with Crippen LogP contribution in [0.3, 0.4) is 0 Å². The molecular weight excluding hydrogens is 655 g/mol. The van der Waals surface area contributed by atoms with E-state index in [1.54, 1.807) is 0 Å². The molecule has 0 amide bonds. The number of fused-ring (bicyclic) bond motifs is 2. The minimum absolute atomic E-state index is 0.142. The summed E-state index contributed by atoms with van der Waals surface area (Å²) < 4.78 is 41.9. The summed E-state index contributed by atoms with van der Waals surface area (Å²) in [7, 11) is 0. The van der Waals surface area contributed by atoms with Gasteiger partial charge in [-0.1, -0.05) is 0 Å². The number of nitrogens with zero attached hydrogens (tertiary/aromatic N) is 5. The average molecular weight is 709 g/mol. The van der Waals surface area contributed by atoms with E-state index >= 15 is 4.39 Å². The number of alkyl halides is 1. The van der Waals surface area contributed by atoms with Gasteiger partial charge in [-0.2, -0.15) is 0 Å². The van der Waals surface area contributed by atoms with Crippen molar-refractivity contribution in [3.63, 3.8) is 0 Å². The Morgan fingerprint density at radius 1 is 1.02 bits per heavy atom. The molecule has 3 atom stereocenters. The van der Waals surface area contributed by atoms with Crippen LogP contribution < -0.4 is 13.3 Å². The molecule has 0 aromatic carbocycles. The number of β-amino-alcohol motifs (C(OH)–C–C–N with tert-alkyl or cyclic N) is 1. The summed E-state index contributed by atoms with van der Waals surface area (Å²) in [6, 6.07) is 0.142. The van der Waals surface area contributed by atoms with Gasteiger partial charge in [0.15, 0.2) is 0 Å². The third-order valence-corrected chi connectivity index (χ3v) is 25.5. The van der Waals surface area contributed by atoms with Crippen LogP contribution in [0.2, 0.25) is 13.3 Å².